The van der Waals surface area contributed by atoms with Crippen LogP contribution >= 0.6 is 0 Å². The summed E-state index contributed by atoms with van der Waals surface area (Å²) in [6, 6.07) is 10.1. The van der Waals surface area contributed by atoms with Crippen LogP contribution in [0.2, 0.25) is 0 Å². The lowest BCUT2D eigenvalue weighted by atomic mass is 10.1. The fourth-order valence-corrected chi connectivity index (χ4v) is 2.05. The van der Waals surface area contributed by atoms with Crippen molar-refractivity contribution < 1.29 is 4.79 Å². The van der Waals surface area contributed by atoms with Gasteiger partial charge in [0.15, 0.2) is 0 Å². The van der Waals surface area contributed by atoms with Crippen LogP contribution in [0.3, 0.4) is 0 Å². The fourth-order valence-electron chi connectivity index (χ4n) is 2.05. The number of benzene rings is 1. The second kappa shape index (κ2) is 3.59. The number of ketones is 1. The third-order valence-corrected chi connectivity index (χ3v) is 2.92. The van der Waals surface area contributed by atoms with Gasteiger partial charge in [0.2, 0.25) is 0 Å². The van der Waals surface area contributed by atoms with Crippen molar-refractivity contribution in [3.63, 3.8) is 0 Å². The summed E-state index contributed by atoms with van der Waals surface area (Å²) in [6.45, 7) is 0.772. The number of nitrogens with zero attached hydrogens (tertiary/aromatic N) is 2. The highest BCUT2D eigenvalue weighted by atomic mass is 16.1. The number of Topliss-reactive ketones (excluding diaryl/α,β-unsaturated/α-hetero) is 1. The maximum absolute atomic E-state index is 11.3. The summed E-state index contributed by atoms with van der Waals surface area (Å²) < 4.78 is 2.09. The smallest absolute Gasteiger partial charge is 0.142 e. The van der Waals surface area contributed by atoms with E-state index in [-0.39, 0.29) is 5.78 Å². The van der Waals surface area contributed by atoms with E-state index in [1.807, 2.05) is 36.5 Å². The maximum atomic E-state index is 11.3. The van der Waals surface area contributed by atoms with Gasteiger partial charge in [-0.2, -0.15) is 0 Å². The zero-order chi connectivity index (χ0) is 11.0. The zero-order valence-electron chi connectivity index (χ0n) is 8.89. The van der Waals surface area contributed by atoms with Crippen LogP contribution in [0.25, 0.3) is 11.3 Å². The van der Waals surface area contributed by atoms with Crippen molar-refractivity contribution in [2.45, 2.75) is 19.4 Å². The van der Waals surface area contributed by atoms with Crippen molar-refractivity contribution in [2.24, 2.45) is 0 Å². The van der Waals surface area contributed by atoms with Crippen molar-refractivity contribution in [3.05, 3.63) is 42.4 Å². The highest BCUT2D eigenvalue weighted by Crippen LogP contribution is 2.21. The molecule has 0 atom stereocenters. The van der Waals surface area contributed by atoms with E-state index < -0.39 is 0 Å². The Bertz CT molecular complexity index is 528. The Morgan fingerprint density at radius 3 is 2.81 bits per heavy atom. The van der Waals surface area contributed by atoms with Crippen LogP contribution in [0.1, 0.15) is 12.2 Å². The third-order valence-electron chi connectivity index (χ3n) is 2.92. The summed E-state index contributed by atoms with van der Waals surface area (Å²) in [5.41, 5.74) is 2.07. The van der Waals surface area contributed by atoms with Crippen LogP contribution in [0, 0.1) is 0 Å². The molecule has 0 aliphatic carbocycles. The number of carbonyl (C=O) groups is 1. The van der Waals surface area contributed by atoms with Gasteiger partial charge in [-0.25, -0.2) is 4.98 Å². The minimum Gasteiger partial charge on any atom is -0.333 e. The van der Waals surface area contributed by atoms with Crippen molar-refractivity contribution in [1.82, 2.24) is 9.55 Å². The van der Waals surface area contributed by atoms with E-state index in [1.165, 1.54) is 0 Å². The summed E-state index contributed by atoms with van der Waals surface area (Å²) in [5.74, 6) is 1.19. The maximum Gasteiger partial charge on any atom is 0.142 e. The summed E-state index contributed by atoms with van der Waals surface area (Å²) >= 11 is 0. The number of carbonyl (C=O) groups excluding carboxylic acids is 1. The van der Waals surface area contributed by atoms with Crippen LogP contribution < -0.4 is 0 Å². The quantitative estimate of drug-likeness (QED) is 0.725. The summed E-state index contributed by atoms with van der Waals surface area (Å²) in [6.07, 6.45) is 3.15. The molecule has 0 fully saturated rings. The molecule has 3 nitrogen and oxygen atoms in total. The van der Waals surface area contributed by atoms with Gasteiger partial charge in [-0.3, -0.25) is 4.79 Å². The number of fused-ring (bicyclic) bond motifs is 1. The average molecular weight is 212 g/mol. The van der Waals surface area contributed by atoms with Crippen LogP contribution in [-0.2, 0) is 17.8 Å². The Balaban J connectivity index is 2.02. The van der Waals surface area contributed by atoms with Crippen molar-refractivity contribution in [1.29, 1.82) is 0 Å². The first-order valence-electron chi connectivity index (χ1n) is 5.46. The molecule has 1 aliphatic heterocycles. The van der Waals surface area contributed by atoms with Gasteiger partial charge < -0.3 is 4.57 Å². The molecule has 80 valence electrons. The average Bonchev–Trinajstić information content (AvgIpc) is 2.73. The molecule has 3 heteroatoms. The molecule has 0 amide bonds. The first-order valence-corrected chi connectivity index (χ1v) is 5.46. The van der Waals surface area contributed by atoms with Crippen molar-refractivity contribution >= 4 is 5.78 Å². The predicted molar refractivity (Wildman–Crippen MR) is 61.0 cm³/mol. The molecule has 3 rings (SSSR count). The van der Waals surface area contributed by atoms with Crippen LogP contribution in [-0.4, -0.2) is 15.3 Å². The molecule has 0 spiro atoms. The summed E-state index contributed by atoms with van der Waals surface area (Å²) in [7, 11) is 0. The zero-order valence-corrected chi connectivity index (χ0v) is 8.89. The number of aryl methyl sites for hydroxylation is 1. The summed E-state index contributed by atoms with van der Waals surface area (Å²) in [4.78, 5) is 15.8. The largest absolute Gasteiger partial charge is 0.333 e. The van der Waals surface area contributed by atoms with E-state index in [9.17, 15) is 4.79 Å². The number of imidazole rings is 1. The molecule has 0 saturated carbocycles. The second-order valence-electron chi connectivity index (χ2n) is 4.07. The Morgan fingerprint density at radius 2 is 2.00 bits per heavy atom. The molecule has 0 N–H and O–H groups in total. The standard InChI is InChI=1S/C13H12N2O/c16-11-6-7-15-9-12(14-13(15)8-11)10-4-2-1-3-5-10/h1-5,9H,6-8H2. The highest BCUT2D eigenvalue weighted by molar-refractivity contribution is 5.81. The normalized spacial score (nSPS) is 14.9. The molecular formula is C13H12N2O. The first-order chi connectivity index (χ1) is 7.83. The van der Waals surface area contributed by atoms with Gasteiger partial charge in [0.05, 0.1) is 12.1 Å². The van der Waals surface area contributed by atoms with E-state index >= 15 is 0 Å². The highest BCUT2D eigenvalue weighted by Gasteiger charge is 2.18. The lowest BCUT2D eigenvalue weighted by molar-refractivity contribution is -0.119. The lowest BCUT2D eigenvalue weighted by Gasteiger charge is -2.11. The Kier molecular flexibility index (Phi) is 2.10. The number of hydrogen-bond donors (Lipinski definition) is 0. The van der Waals surface area contributed by atoms with E-state index in [4.69, 9.17) is 0 Å². The van der Waals surface area contributed by atoms with E-state index in [2.05, 4.69) is 9.55 Å². The first kappa shape index (κ1) is 9.33. The number of rotatable bonds is 1. The molecule has 2 aromatic rings. The van der Waals surface area contributed by atoms with Gasteiger partial charge in [-0.15, -0.1) is 0 Å². The molecule has 1 aromatic carbocycles. The summed E-state index contributed by atoms with van der Waals surface area (Å²) in [5, 5.41) is 0. The Labute approximate surface area is 93.7 Å². The molecule has 16 heavy (non-hydrogen) atoms. The minimum atomic E-state index is 0.290. The van der Waals surface area contributed by atoms with Gasteiger partial charge in [-0.1, -0.05) is 30.3 Å². The van der Waals surface area contributed by atoms with Crippen LogP contribution in [0.15, 0.2) is 36.5 Å². The second-order valence-corrected chi connectivity index (χ2v) is 4.07. The van der Waals surface area contributed by atoms with Crippen LogP contribution in [0.4, 0.5) is 0 Å². The van der Waals surface area contributed by atoms with E-state index in [0.717, 1.165) is 23.6 Å². The monoisotopic (exact) mass is 212 g/mol. The minimum absolute atomic E-state index is 0.290. The van der Waals surface area contributed by atoms with E-state index in [0.29, 0.717) is 12.8 Å². The van der Waals surface area contributed by atoms with Gasteiger partial charge in [-0.05, 0) is 0 Å². The third kappa shape index (κ3) is 1.54. The Hall–Kier alpha value is -1.90. The van der Waals surface area contributed by atoms with Gasteiger partial charge in [0.1, 0.15) is 11.6 Å². The molecular weight excluding hydrogens is 200 g/mol. The molecule has 0 unspecified atom stereocenters. The SMILES string of the molecule is O=C1CCn2cc(-c3ccccc3)nc2C1. The Morgan fingerprint density at radius 1 is 1.19 bits per heavy atom. The van der Waals surface area contributed by atoms with Crippen molar-refractivity contribution in [2.75, 3.05) is 0 Å². The molecule has 0 bridgehead atoms. The fraction of sp³-hybridized carbons (Fsp3) is 0.231. The van der Waals surface area contributed by atoms with Gasteiger partial charge in [0, 0.05) is 24.7 Å². The topological polar surface area (TPSA) is 34.9 Å². The van der Waals surface area contributed by atoms with Crippen molar-refractivity contribution in [3.8, 4) is 11.3 Å². The predicted octanol–water partition coefficient (Wildman–Crippen LogP) is 2.07. The molecule has 0 radical (unpaired) electrons. The number of aromatic nitrogens is 2. The number of hydrogen-bond acceptors (Lipinski definition) is 2. The molecule has 0 saturated heterocycles. The van der Waals surface area contributed by atoms with Gasteiger partial charge >= 0.3 is 0 Å². The van der Waals surface area contributed by atoms with Gasteiger partial charge in [0.25, 0.3) is 0 Å². The lowest BCUT2D eigenvalue weighted by Crippen LogP contribution is -2.18. The molecule has 1 aromatic heterocycles. The molecule has 1 aliphatic rings. The molecule has 2 heterocycles. The van der Waals surface area contributed by atoms with E-state index in [1.54, 1.807) is 0 Å². The van der Waals surface area contributed by atoms with Crippen LogP contribution in [0.5, 0.6) is 0 Å².